The third-order valence-electron chi connectivity index (χ3n) is 5.19. The van der Waals surface area contributed by atoms with Crippen molar-refractivity contribution in [3.8, 4) is 5.75 Å². The van der Waals surface area contributed by atoms with Crippen LogP contribution in [0.1, 0.15) is 40.4 Å². The summed E-state index contributed by atoms with van der Waals surface area (Å²) < 4.78 is 5.24. The number of carbonyl (C=O) groups excluding carboxylic acids is 1. The third-order valence-corrected chi connectivity index (χ3v) is 5.19. The van der Waals surface area contributed by atoms with Gasteiger partial charge in [-0.05, 0) is 62.7 Å². The monoisotopic (exact) mass is 383 g/mol. The minimum absolute atomic E-state index is 0.0183. The summed E-state index contributed by atoms with van der Waals surface area (Å²) in [6.07, 6.45) is 2.31. The molecule has 2 aromatic carbocycles. The number of nitro benzene ring substituents is 1. The Labute approximate surface area is 164 Å². The second-order valence-corrected chi connectivity index (χ2v) is 7.00. The number of carbonyl (C=O) groups is 1. The maximum Gasteiger partial charge on any atom is 0.272 e. The Hall–Kier alpha value is -2.93. The number of nitrogens with one attached hydrogen (secondary N) is 1. The van der Waals surface area contributed by atoms with Crippen molar-refractivity contribution in [1.82, 2.24) is 10.2 Å². The van der Waals surface area contributed by atoms with Crippen molar-refractivity contribution in [1.29, 1.82) is 0 Å². The highest BCUT2D eigenvalue weighted by Gasteiger charge is 2.24. The Bertz CT molecular complexity index is 845. The zero-order valence-electron chi connectivity index (χ0n) is 16.2. The summed E-state index contributed by atoms with van der Waals surface area (Å²) in [4.78, 5) is 25.5. The van der Waals surface area contributed by atoms with Gasteiger partial charge < -0.3 is 10.1 Å². The molecule has 7 nitrogen and oxygen atoms in total. The minimum atomic E-state index is -0.440. The summed E-state index contributed by atoms with van der Waals surface area (Å²) >= 11 is 0. The lowest BCUT2D eigenvalue weighted by Gasteiger charge is -2.28. The molecule has 0 aliphatic carbocycles. The van der Waals surface area contributed by atoms with E-state index in [0.29, 0.717) is 17.7 Å². The summed E-state index contributed by atoms with van der Waals surface area (Å²) in [5.41, 5.74) is 2.05. The summed E-state index contributed by atoms with van der Waals surface area (Å²) in [6.45, 7) is 4.12. The quantitative estimate of drug-likeness (QED) is 0.584. The van der Waals surface area contributed by atoms with Crippen LogP contribution in [0.3, 0.4) is 0 Å². The molecule has 1 saturated heterocycles. The highest BCUT2D eigenvalue weighted by atomic mass is 16.6. The lowest BCUT2D eigenvalue weighted by atomic mass is 10.0. The molecule has 1 unspecified atom stereocenters. The normalized spacial score (nSPS) is 15.2. The minimum Gasteiger partial charge on any atom is -0.497 e. The molecular formula is C21H25N3O4. The Morgan fingerprint density at radius 3 is 2.46 bits per heavy atom. The van der Waals surface area contributed by atoms with Crippen LogP contribution in [0.15, 0.2) is 42.5 Å². The highest BCUT2D eigenvalue weighted by Crippen LogP contribution is 2.26. The first-order valence-corrected chi connectivity index (χ1v) is 9.41. The number of aryl methyl sites for hydroxylation is 1. The van der Waals surface area contributed by atoms with E-state index < -0.39 is 4.92 Å². The molecule has 1 amide bonds. The van der Waals surface area contributed by atoms with Crippen LogP contribution < -0.4 is 10.1 Å². The molecule has 7 heteroatoms. The Morgan fingerprint density at radius 2 is 1.89 bits per heavy atom. The number of ether oxygens (including phenoxy) is 1. The summed E-state index contributed by atoms with van der Waals surface area (Å²) in [6, 6.07) is 12.4. The van der Waals surface area contributed by atoms with Gasteiger partial charge in [0.2, 0.25) is 0 Å². The van der Waals surface area contributed by atoms with Crippen LogP contribution in [-0.4, -0.2) is 42.5 Å². The van der Waals surface area contributed by atoms with Crippen LogP contribution in [0.4, 0.5) is 5.69 Å². The van der Waals surface area contributed by atoms with Crippen molar-refractivity contribution < 1.29 is 14.5 Å². The SMILES string of the molecule is COc1ccc(C(CNC(=O)c2ccc([N+](=O)[O-])c(C)c2)N2CCCC2)cc1. The number of nitro groups is 1. The molecule has 148 valence electrons. The molecule has 28 heavy (non-hydrogen) atoms. The smallest absolute Gasteiger partial charge is 0.272 e. The van der Waals surface area contributed by atoms with Crippen molar-refractivity contribution >= 4 is 11.6 Å². The molecule has 1 atom stereocenters. The Morgan fingerprint density at radius 1 is 1.21 bits per heavy atom. The second kappa shape index (κ2) is 8.84. The fourth-order valence-corrected chi connectivity index (χ4v) is 3.63. The van der Waals surface area contributed by atoms with E-state index in [-0.39, 0.29) is 17.6 Å². The molecule has 1 aliphatic rings. The van der Waals surface area contributed by atoms with Crippen LogP contribution in [-0.2, 0) is 0 Å². The zero-order chi connectivity index (χ0) is 20.1. The Kier molecular flexibility index (Phi) is 6.26. The topological polar surface area (TPSA) is 84.7 Å². The van der Waals surface area contributed by atoms with Gasteiger partial charge >= 0.3 is 0 Å². The second-order valence-electron chi connectivity index (χ2n) is 7.00. The summed E-state index contributed by atoms with van der Waals surface area (Å²) in [5, 5.41) is 14.0. The molecule has 1 N–H and O–H groups in total. The van der Waals surface area contributed by atoms with E-state index in [9.17, 15) is 14.9 Å². The van der Waals surface area contributed by atoms with Crippen molar-refractivity contribution in [3.63, 3.8) is 0 Å². The molecule has 0 aromatic heterocycles. The van der Waals surface area contributed by atoms with Crippen LogP contribution >= 0.6 is 0 Å². The van der Waals surface area contributed by atoms with Crippen LogP contribution in [0.25, 0.3) is 0 Å². The van der Waals surface area contributed by atoms with E-state index in [1.54, 1.807) is 20.1 Å². The number of hydrogen-bond acceptors (Lipinski definition) is 5. The molecule has 2 aromatic rings. The van der Waals surface area contributed by atoms with Gasteiger partial charge in [0, 0.05) is 23.7 Å². The summed E-state index contributed by atoms with van der Waals surface area (Å²) in [7, 11) is 1.64. The van der Waals surface area contributed by atoms with Crippen LogP contribution in [0.2, 0.25) is 0 Å². The number of amides is 1. The predicted molar refractivity (Wildman–Crippen MR) is 107 cm³/mol. The zero-order valence-corrected chi connectivity index (χ0v) is 16.2. The average molecular weight is 383 g/mol. The standard InChI is InChI=1S/C21H25N3O4/c1-15-13-17(7-10-19(15)24(26)27)21(25)22-14-20(23-11-3-4-12-23)16-5-8-18(28-2)9-6-16/h5-10,13,20H,3-4,11-12,14H2,1-2H3,(H,22,25). The molecule has 0 saturated carbocycles. The van der Waals surface area contributed by atoms with Gasteiger partial charge in [0.05, 0.1) is 18.1 Å². The molecule has 0 bridgehead atoms. The number of benzene rings is 2. The molecule has 3 rings (SSSR count). The van der Waals surface area contributed by atoms with Gasteiger partial charge in [-0.3, -0.25) is 19.8 Å². The van der Waals surface area contributed by atoms with Crippen molar-refractivity contribution in [2.75, 3.05) is 26.7 Å². The number of methoxy groups -OCH3 is 1. The van der Waals surface area contributed by atoms with E-state index in [2.05, 4.69) is 10.2 Å². The Balaban J connectivity index is 1.73. The lowest BCUT2D eigenvalue weighted by Crippen LogP contribution is -2.36. The third kappa shape index (κ3) is 4.48. The van der Waals surface area contributed by atoms with E-state index in [0.717, 1.165) is 37.2 Å². The van der Waals surface area contributed by atoms with Gasteiger partial charge in [0.15, 0.2) is 0 Å². The largest absolute Gasteiger partial charge is 0.497 e. The van der Waals surface area contributed by atoms with Gasteiger partial charge in [0.1, 0.15) is 5.75 Å². The molecule has 1 fully saturated rings. The van der Waals surface area contributed by atoms with Crippen molar-refractivity contribution in [2.24, 2.45) is 0 Å². The fraction of sp³-hybridized carbons (Fsp3) is 0.381. The number of rotatable bonds is 7. The van der Waals surface area contributed by atoms with Crippen molar-refractivity contribution in [3.05, 3.63) is 69.3 Å². The maximum atomic E-state index is 12.6. The highest BCUT2D eigenvalue weighted by molar-refractivity contribution is 5.94. The maximum absolute atomic E-state index is 12.6. The van der Waals surface area contributed by atoms with Gasteiger partial charge in [-0.15, -0.1) is 0 Å². The molecular weight excluding hydrogens is 358 g/mol. The first-order chi connectivity index (χ1) is 13.5. The van der Waals surface area contributed by atoms with Gasteiger partial charge in [-0.1, -0.05) is 12.1 Å². The van der Waals surface area contributed by atoms with Gasteiger partial charge in [0.25, 0.3) is 11.6 Å². The van der Waals surface area contributed by atoms with E-state index in [4.69, 9.17) is 4.74 Å². The molecule has 1 aliphatic heterocycles. The fourth-order valence-electron chi connectivity index (χ4n) is 3.63. The van der Waals surface area contributed by atoms with Gasteiger partial charge in [-0.25, -0.2) is 0 Å². The molecule has 0 radical (unpaired) electrons. The molecule has 1 heterocycles. The van der Waals surface area contributed by atoms with Crippen molar-refractivity contribution in [2.45, 2.75) is 25.8 Å². The first kappa shape index (κ1) is 19.8. The predicted octanol–water partition coefficient (Wildman–Crippen LogP) is 3.48. The molecule has 0 spiro atoms. The van der Waals surface area contributed by atoms with Crippen LogP contribution in [0.5, 0.6) is 5.75 Å². The summed E-state index contributed by atoms with van der Waals surface area (Å²) in [5.74, 6) is 0.574. The first-order valence-electron chi connectivity index (χ1n) is 9.41. The van der Waals surface area contributed by atoms with E-state index in [1.165, 1.54) is 12.1 Å². The number of hydrogen-bond donors (Lipinski definition) is 1. The van der Waals surface area contributed by atoms with E-state index in [1.807, 2.05) is 24.3 Å². The van der Waals surface area contributed by atoms with E-state index >= 15 is 0 Å². The van der Waals surface area contributed by atoms with Crippen LogP contribution in [0, 0.1) is 17.0 Å². The average Bonchev–Trinajstić information content (AvgIpc) is 3.22. The lowest BCUT2D eigenvalue weighted by molar-refractivity contribution is -0.385. The van der Waals surface area contributed by atoms with Gasteiger partial charge in [-0.2, -0.15) is 0 Å². The number of nitrogens with zero attached hydrogens (tertiary/aromatic N) is 2. The number of likely N-dealkylation sites (tertiary alicyclic amines) is 1.